The first-order chi connectivity index (χ1) is 18.2. The van der Waals surface area contributed by atoms with E-state index in [1.165, 1.54) is 19.2 Å². The van der Waals surface area contributed by atoms with Gasteiger partial charge in [-0.05, 0) is 75.8 Å². The third kappa shape index (κ3) is 3.18. The highest BCUT2D eigenvalue weighted by Crippen LogP contribution is 2.63. The van der Waals surface area contributed by atoms with Crippen LogP contribution < -0.4 is 10.1 Å². The van der Waals surface area contributed by atoms with Crippen LogP contribution in [0.2, 0.25) is 0 Å². The molecule has 4 atom stereocenters. The number of hydrogen-bond donors (Lipinski definition) is 4. The average molecular weight is 518 g/mol. The minimum Gasteiger partial charge on any atom is -0.508 e. The number of carbonyl (C=O) groups excluding carboxylic acids is 1. The molecule has 2 aliphatic heterocycles. The van der Waals surface area contributed by atoms with E-state index < -0.39 is 23.0 Å². The molecule has 2 aliphatic carbocycles. The molecule has 9 heteroatoms. The zero-order valence-corrected chi connectivity index (χ0v) is 21.4. The van der Waals surface area contributed by atoms with Crippen LogP contribution in [0.3, 0.4) is 0 Å². The molecular formula is C29H31N3O6. The Kier molecular flexibility index (Phi) is 4.94. The van der Waals surface area contributed by atoms with E-state index >= 15 is 0 Å². The molecule has 2 fully saturated rings. The first kappa shape index (κ1) is 23.5. The van der Waals surface area contributed by atoms with Gasteiger partial charge in [0.05, 0.1) is 16.6 Å². The summed E-state index contributed by atoms with van der Waals surface area (Å²) in [5, 5.41) is 37.4. The summed E-state index contributed by atoms with van der Waals surface area (Å²) in [6, 6.07) is 8.47. The van der Waals surface area contributed by atoms with Crippen molar-refractivity contribution in [2.45, 2.75) is 62.7 Å². The number of phenolic OH excluding ortho intramolecular Hbond substituents is 1. The third-order valence-electron chi connectivity index (χ3n) is 9.30. The number of nitrogens with one attached hydrogen (secondary N) is 1. The molecule has 3 aromatic rings. The lowest BCUT2D eigenvalue weighted by Gasteiger charge is -2.59. The number of nitrogens with zero attached hydrogens (tertiary/aromatic N) is 2. The van der Waals surface area contributed by atoms with Crippen molar-refractivity contribution in [3.05, 3.63) is 59.2 Å². The van der Waals surface area contributed by atoms with Gasteiger partial charge in [-0.15, -0.1) is 0 Å². The number of aromatic nitrogens is 1. The number of phenols is 1. The molecule has 1 saturated carbocycles. The number of hydrogen-bond acceptors (Lipinski definition) is 8. The van der Waals surface area contributed by atoms with Crippen LogP contribution in [0.5, 0.6) is 11.5 Å². The number of amides is 1. The van der Waals surface area contributed by atoms with E-state index in [1.54, 1.807) is 31.2 Å². The maximum absolute atomic E-state index is 13.3. The summed E-state index contributed by atoms with van der Waals surface area (Å²) in [5.74, 6) is 0.178. The summed E-state index contributed by atoms with van der Waals surface area (Å²) in [7, 11) is 0. The van der Waals surface area contributed by atoms with Crippen molar-refractivity contribution in [2.75, 3.05) is 18.4 Å². The highest BCUT2D eigenvalue weighted by molar-refractivity contribution is 6.04. The third-order valence-corrected chi connectivity index (χ3v) is 9.30. The number of aliphatic hydroxyl groups is 2. The number of piperidine rings is 1. The fraction of sp³-hybridized carbons (Fsp3) is 0.448. The van der Waals surface area contributed by atoms with Gasteiger partial charge in [-0.2, -0.15) is 0 Å². The Morgan fingerprint density at radius 2 is 2.08 bits per heavy atom. The first-order valence-electron chi connectivity index (χ1n) is 13.2. The van der Waals surface area contributed by atoms with E-state index in [1.807, 2.05) is 13.0 Å². The molecule has 0 unspecified atom stereocenters. The van der Waals surface area contributed by atoms with E-state index in [9.17, 15) is 20.1 Å². The van der Waals surface area contributed by atoms with Gasteiger partial charge in [0, 0.05) is 29.9 Å². The maximum Gasteiger partial charge on any atom is 0.254 e. The van der Waals surface area contributed by atoms with E-state index in [-0.39, 0.29) is 28.9 Å². The largest absolute Gasteiger partial charge is 0.508 e. The van der Waals surface area contributed by atoms with Gasteiger partial charge in [-0.1, -0.05) is 6.07 Å². The van der Waals surface area contributed by atoms with Crippen LogP contribution in [-0.4, -0.2) is 61.9 Å². The number of likely N-dealkylation sites (tertiary alicyclic amines) is 1. The monoisotopic (exact) mass is 517 g/mol. The second-order valence-electron chi connectivity index (χ2n) is 11.5. The van der Waals surface area contributed by atoms with E-state index in [0.29, 0.717) is 35.5 Å². The number of aromatic hydroxyl groups is 1. The zero-order chi connectivity index (χ0) is 26.4. The lowest BCUT2D eigenvalue weighted by atomic mass is 9.53. The van der Waals surface area contributed by atoms with Gasteiger partial charge in [-0.25, -0.2) is 4.98 Å². The quantitative estimate of drug-likeness (QED) is 0.297. The standard InChI is InChI=1S/C29H31N3O6/c1-15(27(35)31-18-6-7-19-21(12-18)37-14-30-19)24(34)26-29-9-10-32(13-16-3-4-16)22(28(29,2)36)11-17-5-8-20(33)25(38-26)23(17)29/h5-8,12,14,16,22,26,33-34,36H,3-4,9-11,13H2,1-2H3,(H,31,35)/b24-15-/t22-,26+,28-,29+/m1/s1. The summed E-state index contributed by atoms with van der Waals surface area (Å²) in [5.41, 5.74) is 1.27. The molecule has 1 aromatic heterocycles. The van der Waals surface area contributed by atoms with Crippen LogP contribution in [0.1, 0.15) is 44.2 Å². The van der Waals surface area contributed by atoms with Crippen molar-refractivity contribution >= 4 is 22.7 Å². The van der Waals surface area contributed by atoms with Gasteiger partial charge < -0.3 is 29.8 Å². The molecule has 7 rings (SSSR count). The number of rotatable bonds is 5. The molecule has 38 heavy (non-hydrogen) atoms. The molecule has 4 aliphatic rings. The van der Waals surface area contributed by atoms with Crippen LogP contribution in [0, 0.1) is 5.92 Å². The van der Waals surface area contributed by atoms with Crippen LogP contribution in [0.4, 0.5) is 5.69 Å². The normalized spacial score (nSPS) is 30.5. The van der Waals surface area contributed by atoms with Crippen LogP contribution in [-0.2, 0) is 16.6 Å². The van der Waals surface area contributed by atoms with Gasteiger partial charge in [0.1, 0.15) is 11.3 Å². The highest BCUT2D eigenvalue weighted by Gasteiger charge is 2.69. The van der Waals surface area contributed by atoms with Crippen molar-refractivity contribution in [2.24, 2.45) is 5.92 Å². The summed E-state index contributed by atoms with van der Waals surface area (Å²) in [6.45, 7) is 5.05. The number of anilines is 1. The summed E-state index contributed by atoms with van der Waals surface area (Å²) >= 11 is 0. The Labute approximate surface area is 219 Å². The van der Waals surface area contributed by atoms with Crippen molar-refractivity contribution in [1.82, 2.24) is 9.88 Å². The lowest BCUT2D eigenvalue weighted by Crippen LogP contribution is -2.73. The molecule has 4 N–H and O–H groups in total. The van der Waals surface area contributed by atoms with Gasteiger partial charge in [0.25, 0.3) is 5.91 Å². The molecule has 198 valence electrons. The van der Waals surface area contributed by atoms with Gasteiger partial charge in [0.15, 0.2) is 29.6 Å². The number of benzene rings is 2. The molecular weight excluding hydrogens is 486 g/mol. The van der Waals surface area contributed by atoms with E-state index in [0.717, 1.165) is 24.2 Å². The molecule has 2 bridgehead atoms. The van der Waals surface area contributed by atoms with Crippen molar-refractivity contribution in [3.8, 4) is 11.5 Å². The zero-order valence-electron chi connectivity index (χ0n) is 21.4. The van der Waals surface area contributed by atoms with E-state index in [2.05, 4.69) is 15.2 Å². The summed E-state index contributed by atoms with van der Waals surface area (Å²) in [4.78, 5) is 19.7. The smallest absolute Gasteiger partial charge is 0.254 e. The number of aliphatic hydroxyl groups excluding tert-OH is 1. The van der Waals surface area contributed by atoms with Gasteiger partial charge in [-0.3, -0.25) is 9.69 Å². The Morgan fingerprint density at radius 3 is 2.87 bits per heavy atom. The Hall–Kier alpha value is -3.56. The predicted molar refractivity (Wildman–Crippen MR) is 139 cm³/mol. The Balaban J connectivity index is 1.28. The Morgan fingerprint density at radius 1 is 1.26 bits per heavy atom. The van der Waals surface area contributed by atoms with Gasteiger partial charge in [0.2, 0.25) is 0 Å². The van der Waals surface area contributed by atoms with Crippen molar-refractivity contribution < 1.29 is 29.3 Å². The number of fused-ring (bicyclic) bond motifs is 2. The van der Waals surface area contributed by atoms with Crippen LogP contribution >= 0.6 is 0 Å². The second-order valence-corrected chi connectivity index (χ2v) is 11.5. The Bertz CT molecular complexity index is 1510. The molecule has 2 aromatic carbocycles. The van der Waals surface area contributed by atoms with Gasteiger partial charge >= 0.3 is 0 Å². The number of ether oxygens (including phenoxy) is 1. The molecule has 1 spiro atoms. The molecule has 1 amide bonds. The summed E-state index contributed by atoms with van der Waals surface area (Å²) in [6.07, 6.45) is 3.92. The minimum absolute atomic E-state index is 0.0319. The minimum atomic E-state index is -1.26. The first-order valence-corrected chi connectivity index (χ1v) is 13.2. The SMILES string of the molecule is C/C(C(=O)Nc1ccc2ncoc2c1)=C(/O)[C@@H]1Oc2c(O)ccc3c2[C@@]12CCN(CC1CC1)[C@H](C3)[C@@]2(C)O. The van der Waals surface area contributed by atoms with Crippen molar-refractivity contribution in [1.29, 1.82) is 0 Å². The fourth-order valence-electron chi connectivity index (χ4n) is 7.04. The van der Waals surface area contributed by atoms with Crippen LogP contribution in [0.25, 0.3) is 11.1 Å². The second kappa shape index (κ2) is 7.97. The summed E-state index contributed by atoms with van der Waals surface area (Å²) < 4.78 is 11.6. The average Bonchev–Trinajstić information content (AvgIpc) is 3.45. The van der Waals surface area contributed by atoms with E-state index in [4.69, 9.17) is 9.15 Å². The molecule has 3 heterocycles. The predicted octanol–water partition coefficient (Wildman–Crippen LogP) is 3.79. The maximum atomic E-state index is 13.3. The topological polar surface area (TPSA) is 128 Å². The van der Waals surface area contributed by atoms with Crippen LogP contribution in [0.15, 0.2) is 52.5 Å². The highest BCUT2D eigenvalue weighted by atomic mass is 16.5. The molecule has 0 radical (unpaired) electrons. The molecule has 1 saturated heterocycles. The fourth-order valence-corrected chi connectivity index (χ4v) is 7.04. The lowest BCUT2D eigenvalue weighted by molar-refractivity contribution is -0.153. The van der Waals surface area contributed by atoms with Crippen molar-refractivity contribution in [3.63, 3.8) is 0 Å². The number of carbonyl (C=O) groups is 1. The molecule has 9 nitrogen and oxygen atoms in total. The number of oxazole rings is 1.